The molecule has 0 radical (unpaired) electrons. The highest BCUT2D eigenvalue weighted by Crippen LogP contribution is 2.18. The van der Waals surface area contributed by atoms with E-state index in [2.05, 4.69) is 15.4 Å². The number of nitrogens with one attached hydrogen (secondary N) is 1. The van der Waals surface area contributed by atoms with Crippen molar-refractivity contribution in [3.05, 3.63) is 77.0 Å². The van der Waals surface area contributed by atoms with Crippen molar-refractivity contribution in [2.24, 2.45) is 0 Å². The Morgan fingerprint density at radius 3 is 2.63 bits per heavy atom. The Bertz CT molecular complexity index is 1260. The van der Waals surface area contributed by atoms with Crippen LogP contribution in [0.15, 0.2) is 65.8 Å². The topological polar surface area (TPSA) is 91.0 Å². The van der Waals surface area contributed by atoms with Gasteiger partial charge in [-0.2, -0.15) is 5.10 Å². The molecule has 152 valence electrons. The van der Waals surface area contributed by atoms with Gasteiger partial charge in [-0.15, -0.1) is 0 Å². The first-order valence-electron chi connectivity index (χ1n) is 9.56. The highest BCUT2D eigenvalue weighted by molar-refractivity contribution is 5.91. The van der Waals surface area contributed by atoms with Crippen LogP contribution in [-0.4, -0.2) is 32.3 Å². The standard InChI is InChI=1S/C22H21N5O3/c1-3-15-6-4-5-7-19(15)25-20(28)13-26-14-23-21-18(22(26)29)12-24-27(21)16-8-10-17(30-2)11-9-16/h4-12,14H,3,13H2,1-2H3,(H,25,28). The zero-order valence-electron chi connectivity index (χ0n) is 16.7. The molecule has 0 unspecified atom stereocenters. The van der Waals surface area contributed by atoms with Crippen molar-refractivity contribution in [2.45, 2.75) is 19.9 Å². The number of para-hydroxylation sites is 1. The fraction of sp³-hybridized carbons (Fsp3) is 0.182. The lowest BCUT2D eigenvalue weighted by molar-refractivity contribution is -0.116. The summed E-state index contributed by atoms with van der Waals surface area (Å²) in [5, 5.41) is 7.50. The van der Waals surface area contributed by atoms with Gasteiger partial charge in [0.1, 0.15) is 24.0 Å². The van der Waals surface area contributed by atoms with Crippen LogP contribution in [0.3, 0.4) is 0 Å². The number of nitrogens with zero attached hydrogens (tertiary/aromatic N) is 4. The lowest BCUT2D eigenvalue weighted by atomic mass is 10.1. The average Bonchev–Trinajstić information content (AvgIpc) is 3.21. The molecular weight excluding hydrogens is 382 g/mol. The number of amides is 1. The van der Waals surface area contributed by atoms with Crippen LogP contribution in [0, 0.1) is 0 Å². The van der Waals surface area contributed by atoms with E-state index in [1.54, 1.807) is 11.8 Å². The van der Waals surface area contributed by atoms with Gasteiger partial charge < -0.3 is 10.1 Å². The number of carbonyl (C=O) groups excluding carboxylic acids is 1. The summed E-state index contributed by atoms with van der Waals surface area (Å²) in [4.78, 5) is 29.7. The molecule has 8 nitrogen and oxygen atoms in total. The van der Waals surface area contributed by atoms with Crippen molar-refractivity contribution < 1.29 is 9.53 Å². The summed E-state index contributed by atoms with van der Waals surface area (Å²) >= 11 is 0. The number of hydrogen-bond donors (Lipinski definition) is 1. The number of benzene rings is 2. The molecule has 2 aromatic carbocycles. The van der Waals surface area contributed by atoms with E-state index >= 15 is 0 Å². The van der Waals surface area contributed by atoms with Gasteiger partial charge in [0.2, 0.25) is 5.91 Å². The van der Waals surface area contributed by atoms with Gasteiger partial charge in [0.05, 0.1) is 19.0 Å². The number of ether oxygens (including phenoxy) is 1. The van der Waals surface area contributed by atoms with Gasteiger partial charge in [-0.05, 0) is 42.3 Å². The molecular formula is C22H21N5O3. The number of anilines is 1. The molecule has 0 atom stereocenters. The molecule has 0 aliphatic carbocycles. The predicted octanol–water partition coefficient (Wildman–Crippen LogP) is 2.79. The number of aryl methyl sites for hydroxylation is 1. The lowest BCUT2D eigenvalue weighted by Gasteiger charge is -2.10. The van der Waals surface area contributed by atoms with Crippen molar-refractivity contribution in [3.8, 4) is 11.4 Å². The van der Waals surface area contributed by atoms with Crippen LogP contribution >= 0.6 is 0 Å². The van der Waals surface area contributed by atoms with E-state index < -0.39 is 0 Å². The summed E-state index contributed by atoms with van der Waals surface area (Å²) in [6.07, 6.45) is 3.64. The number of carbonyl (C=O) groups is 1. The molecule has 0 saturated carbocycles. The van der Waals surface area contributed by atoms with Crippen LogP contribution in [0.5, 0.6) is 5.75 Å². The molecule has 4 rings (SSSR count). The second-order valence-electron chi connectivity index (χ2n) is 6.73. The molecule has 2 aromatic heterocycles. The van der Waals surface area contributed by atoms with Crippen LogP contribution in [0.25, 0.3) is 16.7 Å². The molecule has 0 aliphatic heterocycles. The third-order valence-corrected chi connectivity index (χ3v) is 4.86. The summed E-state index contributed by atoms with van der Waals surface area (Å²) in [6.45, 7) is 1.89. The third kappa shape index (κ3) is 3.67. The molecule has 1 N–H and O–H groups in total. The van der Waals surface area contributed by atoms with E-state index in [1.807, 2.05) is 55.5 Å². The third-order valence-electron chi connectivity index (χ3n) is 4.86. The first-order valence-corrected chi connectivity index (χ1v) is 9.56. The van der Waals surface area contributed by atoms with Gasteiger partial charge in [-0.25, -0.2) is 9.67 Å². The maximum atomic E-state index is 12.9. The summed E-state index contributed by atoms with van der Waals surface area (Å²) in [6, 6.07) is 14.9. The van der Waals surface area contributed by atoms with Crippen LogP contribution in [0.2, 0.25) is 0 Å². The van der Waals surface area contributed by atoms with E-state index in [0.717, 1.165) is 29.1 Å². The van der Waals surface area contributed by atoms with Crippen LogP contribution in [0.1, 0.15) is 12.5 Å². The maximum Gasteiger partial charge on any atom is 0.264 e. The molecule has 0 saturated heterocycles. The van der Waals surface area contributed by atoms with Gasteiger partial charge in [0.25, 0.3) is 5.56 Å². The minimum Gasteiger partial charge on any atom is -0.497 e. The largest absolute Gasteiger partial charge is 0.497 e. The van der Waals surface area contributed by atoms with Gasteiger partial charge in [0, 0.05) is 5.69 Å². The Balaban J connectivity index is 1.59. The summed E-state index contributed by atoms with van der Waals surface area (Å²) in [5.74, 6) is 0.433. The van der Waals surface area contributed by atoms with E-state index in [-0.39, 0.29) is 18.0 Å². The second-order valence-corrected chi connectivity index (χ2v) is 6.73. The molecule has 8 heteroatoms. The zero-order chi connectivity index (χ0) is 21.1. The number of hydrogen-bond acceptors (Lipinski definition) is 5. The summed E-state index contributed by atoms with van der Waals surface area (Å²) < 4.78 is 8.03. The van der Waals surface area contributed by atoms with Crippen molar-refractivity contribution in [2.75, 3.05) is 12.4 Å². The van der Waals surface area contributed by atoms with Crippen molar-refractivity contribution in [3.63, 3.8) is 0 Å². The average molecular weight is 403 g/mol. The van der Waals surface area contributed by atoms with Crippen molar-refractivity contribution in [1.29, 1.82) is 0 Å². The smallest absolute Gasteiger partial charge is 0.264 e. The first-order chi connectivity index (χ1) is 14.6. The van der Waals surface area contributed by atoms with E-state index in [9.17, 15) is 9.59 Å². The quantitative estimate of drug-likeness (QED) is 0.535. The van der Waals surface area contributed by atoms with Gasteiger partial charge in [0.15, 0.2) is 5.65 Å². The number of fused-ring (bicyclic) bond motifs is 1. The normalized spacial score (nSPS) is 10.9. The molecule has 1 amide bonds. The minimum atomic E-state index is -0.321. The molecule has 4 aromatic rings. The molecule has 2 heterocycles. The fourth-order valence-corrected chi connectivity index (χ4v) is 3.27. The Kier molecular flexibility index (Phi) is 5.30. The van der Waals surface area contributed by atoms with E-state index in [0.29, 0.717) is 11.0 Å². The number of aromatic nitrogens is 4. The fourth-order valence-electron chi connectivity index (χ4n) is 3.27. The van der Waals surface area contributed by atoms with Gasteiger partial charge in [-0.3, -0.25) is 14.2 Å². The Labute approximate surface area is 172 Å². The monoisotopic (exact) mass is 403 g/mol. The predicted molar refractivity (Wildman–Crippen MR) is 114 cm³/mol. The second kappa shape index (κ2) is 8.20. The maximum absolute atomic E-state index is 12.9. The molecule has 0 aliphatic rings. The summed E-state index contributed by atoms with van der Waals surface area (Å²) in [5.41, 5.74) is 2.65. The van der Waals surface area contributed by atoms with Crippen molar-refractivity contribution >= 4 is 22.6 Å². The first kappa shape index (κ1) is 19.4. The van der Waals surface area contributed by atoms with E-state index in [1.165, 1.54) is 17.1 Å². The van der Waals surface area contributed by atoms with Gasteiger partial charge >= 0.3 is 0 Å². The highest BCUT2D eigenvalue weighted by atomic mass is 16.5. The summed E-state index contributed by atoms with van der Waals surface area (Å²) in [7, 11) is 1.60. The SMILES string of the molecule is CCc1ccccc1NC(=O)Cn1cnc2c(cnn2-c2ccc(OC)cc2)c1=O. The van der Waals surface area contributed by atoms with Gasteiger partial charge in [-0.1, -0.05) is 25.1 Å². The molecule has 30 heavy (non-hydrogen) atoms. The Morgan fingerprint density at radius 2 is 1.90 bits per heavy atom. The van der Waals surface area contributed by atoms with Crippen molar-refractivity contribution in [1.82, 2.24) is 19.3 Å². The molecule has 0 spiro atoms. The van der Waals surface area contributed by atoms with Crippen LogP contribution < -0.4 is 15.6 Å². The number of rotatable bonds is 6. The highest BCUT2D eigenvalue weighted by Gasteiger charge is 2.14. The Hall–Kier alpha value is -3.94. The molecule has 0 bridgehead atoms. The minimum absolute atomic E-state index is 0.131. The lowest BCUT2D eigenvalue weighted by Crippen LogP contribution is -2.28. The van der Waals surface area contributed by atoms with Crippen LogP contribution in [-0.2, 0) is 17.8 Å². The zero-order valence-corrected chi connectivity index (χ0v) is 16.7. The Morgan fingerprint density at radius 1 is 1.13 bits per heavy atom. The van der Waals surface area contributed by atoms with Crippen LogP contribution in [0.4, 0.5) is 5.69 Å². The number of methoxy groups -OCH3 is 1. The van der Waals surface area contributed by atoms with E-state index in [4.69, 9.17) is 4.74 Å². The molecule has 0 fully saturated rings.